The summed E-state index contributed by atoms with van der Waals surface area (Å²) in [5.74, 6) is 0. The van der Waals surface area contributed by atoms with Gasteiger partial charge in [-0.15, -0.1) is 0 Å². The van der Waals surface area contributed by atoms with Crippen LogP contribution in [0.1, 0.15) is 6.92 Å². The normalized spacial score (nSPS) is 33.8. The van der Waals surface area contributed by atoms with E-state index in [-0.39, 0.29) is 6.29 Å². The van der Waals surface area contributed by atoms with Gasteiger partial charge in [-0.3, -0.25) is 0 Å². The summed E-state index contributed by atoms with van der Waals surface area (Å²) in [6.45, 7) is 3.56. The Morgan fingerprint density at radius 2 is 1.55 bits per heavy atom. The number of hydrogen-bond donors (Lipinski definition) is 0. The molecule has 0 aromatic carbocycles. The van der Waals surface area contributed by atoms with E-state index in [0.717, 1.165) is 17.7 Å². The van der Waals surface area contributed by atoms with Crippen LogP contribution in [0, 0.1) is 0 Å². The van der Waals surface area contributed by atoms with Gasteiger partial charge in [-0.05, 0) is 6.92 Å². The van der Waals surface area contributed by atoms with E-state index in [4.69, 9.17) is 9.47 Å². The molecule has 1 aliphatic rings. The van der Waals surface area contributed by atoms with Crippen molar-refractivity contribution >= 4 is 0 Å². The predicted molar refractivity (Wildman–Crippen MR) is 43.2 cm³/mol. The molecule has 0 aliphatic carbocycles. The van der Waals surface area contributed by atoms with Crippen LogP contribution in [0.3, 0.4) is 0 Å². The zero-order valence-corrected chi connectivity index (χ0v) is 7.83. The third kappa shape index (κ3) is 2.43. The second kappa shape index (κ2) is 3.09. The lowest BCUT2D eigenvalue weighted by molar-refractivity contribution is -0.899. The number of quaternary nitrogens is 1. The van der Waals surface area contributed by atoms with Crippen molar-refractivity contribution in [3.8, 4) is 0 Å². The number of likely N-dealkylation sites (N-methyl/N-ethyl adjacent to an activating group) is 1. The SMILES string of the molecule is CC1OCC([N+](C)(C)C)CO1. The van der Waals surface area contributed by atoms with E-state index in [0.29, 0.717) is 6.04 Å². The Morgan fingerprint density at radius 3 is 1.91 bits per heavy atom. The molecule has 3 nitrogen and oxygen atoms in total. The highest BCUT2D eigenvalue weighted by Crippen LogP contribution is 2.12. The molecular weight excluding hydrogens is 142 g/mol. The average Bonchev–Trinajstić information content (AvgIpc) is 1.86. The van der Waals surface area contributed by atoms with Crippen molar-refractivity contribution in [3.63, 3.8) is 0 Å². The molecule has 1 rings (SSSR count). The molecule has 0 aromatic rings. The molecule has 0 spiro atoms. The Morgan fingerprint density at radius 1 is 1.09 bits per heavy atom. The summed E-state index contributed by atoms with van der Waals surface area (Å²) in [5, 5.41) is 0. The van der Waals surface area contributed by atoms with E-state index in [1.807, 2.05) is 6.92 Å². The predicted octanol–water partition coefficient (Wildman–Crippen LogP) is 0.454. The van der Waals surface area contributed by atoms with Crippen LogP contribution >= 0.6 is 0 Å². The van der Waals surface area contributed by atoms with Crippen molar-refractivity contribution in [1.82, 2.24) is 0 Å². The fourth-order valence-corrected chi connectivity index (χ4v) is 1.04. The summed E-state index contributed by atoms with van der Waals surface area (Å²) < 4.78 is 11.7. The van der Waals surface area contributed by atoms with Gasteiger partial charge < -0.3 is 14.0 Å². The molecule has 0 aromatic heterocycles. The minimum Gasteiger partial charge on any atom is -0.347 e. The lowest BCUT2D eigenvalue weighted by atomic mass is 10.2. The quantitative estimate of drug-likeness (QED) is 0.519. The standard InChI is InChI=1S/C8H18NO2/c1-7-10-5-8(6-11-7)9(2,3)4/h7-8H,5-6H2,1-4H3/q+1. The number of hydrogen-bond acceptors (Lipinski definition) is 2. The second-order valence-corrected chi connectivity index (χ2v) is 4.00. The molecular formula is C8H18NO2+. The van der Waals surface area contributed by atoms with Crippen LogP contribution in [0.2, 0.25) is 0 Å². The van der Waals surface area contributed by atoms with Gasteiger partial charge in [-0.1, -0.05) is 0 Å². The molecule has 0 amide bonds. The maximum absolute atomic E-state index is 5.38. The van der Waals surface area contributed by atoms with Crippen LogP contribution in [-0.4, -0.2) is 51.2 Å². The van der Waals surface area contributed by atoms with E-state index in [1.54, 1.807) is 0 Å². The molecule has 0 radical (unpaired) electrons. The van der Waals surface area contributed by atoms with Gasteiger partial charge in [-0.2, -0.15) is 0 Å². The molecule has 0 N–H and O–H groups in total. The zero-order chi connectivity index (χ0) is 8.48. The average molecular weight is 160 g/mol. The zero-order valence-electron chi connectivity index (χ0n) is 7.83. The summed E-state index contributed by atoms with van der Waals surface area (Å²) in [6, 6.07) is 0.478. The molecule has 1 heterocycles. The lowest BCUT2D eigenvalue weighted by Crippen LogP contribution is -2.53. The molecule has 1 fully saturated rings. The van der Waals surface area contributed by atoms with Crippen molar-refractivity contribution in [2.45, 2.75) is 19.3 Å². The maximum Gasteiger partial charge on any atom is 0.155 e. The lowest BCUT2D eigenvalue weighted by Gasteiger charge is -2.37. The smallest absolute Gasteiger partial charge is 0.155 e. The largest absolute Gasteiger partial charge is 0.347 e. The van der Waals surface area contributed by atoms with Crippen LogP contribution in [0.5, 0.6) is 0 Å². The number of nitrogens with zero attached hydrogens (tertiary/aromatic N) is 1. The molecule has 3 heteroatoms. The highest BCUT2D eigenvalue weighted by atomic mass is 16.7. The highest BCUT2D eigenvalue weighted by molar-refractivity contribution is 4.59. The first kappa shape index (κ1) is 8.97. The van der Waals surface area contributed by atoms with Gasteiger partial charge in [0.05, 0.1) is 21.1 Å². The summed E-state index contributed by atoms with van der Waals surface area (Å²) in [6.07, 6.45) is -0.0159. The van der Waals surface area contributed by atoms with Gasteiger partial charge >= 0.3 is 0 Å². The van der Waals surface area contributed by atoms with Crippen molar-refractivity contribution < 1.29 is 14.0 Å². The fraction of sp³-hybridized carbons (Fsp3) is 1.00. The molecule has 1 aliphatic heterocycles. The molecule has 0 unspecified atom stereocenters. The summed E-state index contributed by atoms with van der Waals surface area (Å²) in [4.78, 5) is 0. The summed E-state index contributed by atoms with van der Waals surface area (Å²) in [5.41, 5.74) is 0. The van der Waals surface area contributed by atoms with Gasteiger partial charge in [0.1, 0.15) is 19.3 Å². The summed E-state index contributed by atoms with van der Waals surface area (Å²) in [7, 11) is 6.48. The maximum atomic E-state index is 5.38. The van der Waals surface area contributed by atoms with Gasteiger partial charge in [0.25, 0.3) is 0 Å². The van der Waals surface area contributed by atoms with E-state index < -0.39 is 0 Å². The van der Waals surface area contributed by atoms with Crippen LogP contribution < -0.4 is 0 Å². The van der Waals surface area contributed by atoms with Gasteiger partial charge in [0, 0.05) is 0 Å². The molecule has 0 saturated carbocycles. The second-order valence-electron chi connectivity index (χ2n) is 4.00. The van der Waals surface area contributed by atoms with Gasteiger partial charge in [-0.25, -0.2) is 0 Å². The van der Waals surface area contributed by atoms with E-state index in [2.05, 4.69) is 21.1 Å². The van der Waals surface area contributed by atoms with Crippen LogP contribution in [0.25, 0.3) is 0 Å². The Hall–Kier alpha value is -0.120. The van der Waals surface area contributed by atoms with Gasteiger partial charge in [0.15, 0.2) is 6.29 Å². The Kier molecular flexibility index (Phi) is 2.52. The van der Waals surface area contributed by atoms with Crippen LogP contribution in [-0.2, 0) is 9.47 Å². The number of ether oxygens (including phenoxy) is 2. The molecule has 11 heavy (non-hydrogen) atoms. The Bertz CT molecular complexity index is 123. The van der Waals surface area contributed by atoms with Crippen molar-refractivity contribution in [2.75, 3.05) is 34.4 Å². The highest BCUT2D eigenvalue weighted by Gasteiger charge is 2.29. The minimum absolute atomic E-state index is 0.0159. The molecule has 0 bridgehead atoms. The molecule has 1 saturated heterocycles. The van der Waals surface area contributed by atoms with Crippen molar-refractivity contribution in [2.24, 2.45) is 0 Å². The first-order valence-corrected chi connectivity index (χ1v) is 4.04. The Labute approximate surface area is 68.5 Å². The Balaban J connectivity index is 2.39. The van der Waals surface area contributed by atoms with E-state index in [1.165, 1.54) is 0 Å². The van der Waals surface area contributed by atoms with Crippen molar-refractivity contribution in [3.05, 3.63) is 0 Å². The van der Waals surface area contributed by atoms with Crippen LogP contribution in [0.4, 0.5) is 0 Å². The topological polar surface area (TPSA) is 18.5 Å². The fourth-order valence-electron chi connectivity index (χ4n) is 1.04. The molecule has 0 atom stereocenters. The molecule has 66 valence electrons. The van der Waals surface area contributed by atoms with E-state index >= 15 is 0 Å². The summed E-state index contributed by atoms with van der Waals surface area (Å²) >= 11 is 0. The number of rotatable bonds is 1. The van der Waals surface area contributed by atoms with Gasteiger partial charge in [0.2, 0.25) is 0 Å². The first-order valence-electron chi connectivity index (χ1n) is 4.04. The third-order valence-corrected chi connectivity index (χ3v) is 2.14. The minimum atomic E-state index is -0.0159. The van der Waals surface area contributed by atoms with Crippen molar-refractivity contribution in [1.29, 1.82) is 0 Å². The first-order chi connectivity index (χ1) is 5.00. The third-order valence-electron chi connectivity index (χ3n) is 2.14. The monoisotopic (exact) mass is 160 g/mol. The van der Waals surface area contributed by atoms with Crippen LogP contribution in [0.15, 0.2) is 0 Å². The van der Waals surface area contributed by atoms with E-state index in [9.17, 15) is 0 Å².